The van der Waals surface area contributed by atoms with Crippen molar-refractivity contribution in [2.45, 2.75) is 6.54 Å². The summed E-state index contributed by atoms with van der Waals surface area (Å²) in [5, 5.41) is 12.6. The van der Waals surface area contributed by atoms with E-state index in [2.05, 4.69) is 10.2 Å². The van der Waals surface area contributed by atoms with Crippen LogP contribution in [0.1, 0.15) is 16.1 Å². The Kier molecular flexibility index (Phi) is 5.10. The number of nitrogens with one attached hydrogen (secondary N) is 1. The van der Waals surface area contributed by atoms with Gasteiger partial charge in [0.15, 0.2) is 11.2 Å². The number of ether oxygens (including phenoxy) is 1. The lowest BCUT2D eigenvalue weighted by Crippen LogP contribution is -2.35. The fourth-order valence-electron chi connectivity index (χ4n) is 3.21. The first-order valence-corrected chi connectivity index (χ1v) is 9.06. The summed E-state index contributed by atoms with van der Waals surface area (Å²) in [4.78, 5) is 27.0. The van der Waals surface area contributed by atoms with Crippen LogP contribution in [0, 0.1) is 0 Å². The summed E-state index contributed by atoms with van der Waals surface area (Å²) in [5.41, 5.74) is 1.45. The average Bonchev–Trinajstić information content (AvgIpc) is 2.70. The van der Waals surface area contributed by atoms with Crippen LogP contribution in [-0.2, 0) is 11.3 Å². The first-order chi connectivity index (χ1) is 13.6. The predicted molar refractivity (Wildman–Crippen MR) is 105 cm³/mol. The molecule has 3 aromatic rings. The number of benzene rings is 2. The zero-order valence-corrected chi connectivity index (χ0v) is 15.2. The molecule has 0 saturated carbocycles. The van der Waals surface area contributed by atoms with Gasteiger partial charge in [-0.15, -0.1) is 0 Å². The Balaban J connectivity index is 1.47. The third-order valence-corrected chi connectivity index (χ3v) is 4.68. The van der Waals surface area contributed by atoms with Crippen LogP contribution >= 0.6 is 0 Å². The maximum Gasteiger partial charge on any atom is 0.291 e. The molecule has 0 radical (unpaired) electrons. The van der Waals surface area contributed by atoms with Gasteiger partial charge in [0.25, 0.3) is 5.91 Å². The van der Waals surface area contributed by atoms with Crippen LogP contribution in [0.2, 0.25) is 0 Å². The van der Waals surface area contributed by atoms with Crippen molar-refractivity contribution in [1.29, 1.82) is 0 Å². The van der Waals surface area contributed by atoms with E-state index < -0.39 is 11.3 Å². The summed E-state index contributed by atoms with van der Waals surface area (Å²) in [5.74, 6) is -0.808. The number of morpholine rings is 1. The van der Waals surface area contributed by atoms with E-state index >= 15 is 0 Å². The lowest BCUT2D eigenvalue weighted by atomic mass is 10.1. The molecule has 7 nitrogen and oxygen atoms in total. The van der Waals surface area contributed by atoms with Gasteiger partial charge in [-0.25, -0.2) is 0 Å². The molecule has 0 bridgehead atoms. The molecule has 1 aliphatic heterocycles. The summed E-state index contributed by atoms with van der Waals surface area (Å²) in [6.45, 7) is 4.16. The molecule has 1 aliphatic rings. The van der Waals surface area contributed by atoms with Crippen LogP contribution in [0.15, 0.2) is 57.7 Å². The molecule has 0 spiro atoms. The highest BCUT2D eigenvalue weighted by atomic mass is 16.5. The lowest BCUT2D eigenvalue weighted by Gasteiger charge is -2.26. The Hall–Kier alpha value is -3.16. The van der Waals surface area contributed by atoms with E-state index in [0.29, 0.717) is 5.69 Å². The van der Waals surface area contributed by atoms with Gasteiger partial charge >= 0.3 is 0 Å². The van der Waals surface area contributed by atoms with Crippen molar-refractivity contribution < 1.29 is 19.1 Å². The van der Waals surface area contributed by atoms with Gasteiger partial charge in [-0.2, -0.15) is 0 Å². The predicted octanol–water partition coefficient (Wildman–Crippen LogP) is 2.58. The molecule has 1 fully saturated rings. The maximum absolute atomic E-state index is 12.5. The summed E-state index contributed by atoms with van der Waals surface area (Å²) in [7, 11) is 0. The van der Waals surface area contributed by atoms with E-state index in [9.17, 15) is 14.7 Å². The lowest BCUT2D eigenvalue weighted by molar-refractivity contribution is 0.0342. The SMILES string of the molecule is O=C(Nc1ccc(CN2CCOCC2)cc1)c1cc(=O)c2c(O)cccc2o1. The molecule has 7 heteroatoms. The molecule has 1 aromatic heterocycles. The van der Waals surface area contributed by atoms with Crippen LogP contribution in [0.5, 0.6) is 5.75 Å². The number of aromatic hydroxyl groups is 1. The van der Waals surface area contributed by atoms with Gasteiger partial charge < -0.3 is 19.6 Å². The Morgan fingerprint density at radius 3 is 2.61 bits per heavy atom. The number of amides is 1. The number of phenols is 1. The zero-order chi connectivity index (χ0) is 19.5. The normalized spacial score (nSPS) is 14.9. The topological polar surface area (TPSA) is 92.0 Å². The van der Waals surface area contributed by atoms with Crippen molar-refractivity contribution in [3.8, 4) is 5.75 Å². The number of hydrogen-bond donors (Lipinski definition) is 2. The second-order valence-corrected chi connectivity index (χ2v) is 6.66. The standard InChI is InChI=1S/C21H20N2O5/c24-16-2-1-3-18-20(16)17(25)12-19(28-18)21(26)22-15-6-4-14(5-7-15)13-23-8-10-27-11-9-23/h1-7,12,24H,8-11,13H2,(H,22,26). The minimum atomic E-state index is -0.525. The molecule has 2 aromatic carbocycles. The first kappa shape index (κ1) is 18.2. The average molecular weight is 380 g/mol. The molecule has 0 aliphatic carbocycles. The minimum Gasteiger partial charge on any atom is -0.507 e. The van der Waals surface area contributed by atoms with Crippen LogP contribution in [0.4, 0.5) is 5.69 Å². The maximum atomic E-state index is 12.5. The molecule has 0 atom stereocenters. The number of carbonyl (C=O) groups excluding carboxylic acids is 1. The van der Waals surface area contributed by atoms with E-state index in [1.807, 2.05) is 24.3 Å². The second-order valence-electron chi connectivity index (χ2n) is 6.66. The van der Waals surface area contributed by atoms with Gasteiger partial charge in [0.05, 0.1) is 13.2 Å². The fourth-order valence-corrected chi connectivity index (χ4v) is 3.21. The van der Waals surface area contributed by atoms with Crippen LogP contribution in [-0.4, -0.2) is 42.2 Å². The Bertz CT molecular complexity index is 1050. The van der Waals surface area contributed by atoms with Gasteiger partial charge in [-0.1, -0.05) is 18.2 Å². The first-order valence-electron chi connectivity index (χ1n) is 9.06. The molecule has 0 unspecified atom stereocenters. The highest BCUT2D eigenvalue weighted by molar-refractivity contribution is 6.03. The van der Waals surface area contributed by atoms with E-state index in [4.69, 9.17) is 9.15 Å². The number of nitrogens with zero attached hydrogens (tertiary/aromatic N) is 1. The van der Waals surface area contributed by atoms with Crippen molar-refractivity contribution in [3.05, 3.63) is 70.1 Å². The van der Waals surface area contributed by atoms with E-state index in [1.54, 1.807) is 6.07 Å². The molecule has 1 saturated heterocycles. The second kappa shape index (κ2) is 7.84. The van der Waals surface area contributed by atoms with E-state index in [0.717, 1.165) is 44.5 Å². The molecule has 2 N–H and O–H groups in total. The van der Waals surface area contributed by atoms with Gasteiger partial charge in [0, 0.05) is 31.4 Å². The van der Waals surface area contributed by atoms with Gasteiger partial charge in [0.1, 0.15) is 16.7 Å². The Morgan fingerprint density at radius 2 is 1.86 bits per heavy atom. The van der Waals surface area contributed by atoms with E-state index in [-0.39, 0.29) is 22.5 Å². The molecule has 1 amide bonds. The third kappa shape index (κ3) is 3.90. The number of rotatable bonds is 4. The summed E-state index contributed by atoms with van der Waals surface area (Å²) < 4.78 is 10.8. The fraction of sp³-hybridized carbons (Fsp3) is 0.238. The van der Waals surface area contributed by atoms with Crippen molar-refractivity contribution in [1.82, 2.24) is 4.90 Å². The molecule has 4 rings (SSSR count). The molecule has 2 heterocycles. The van der Waals surface area contributed by atoms with E-state index in [1.165, 1.54) is 12.1 Å². The highest BCUT2D eigenvalue weighted by Gasteiger charge is 2.15. The quantitative estimate of drug-likeness (QED) is 0.723. The molecule has 28 heavy (non-hydrogen) atoms. The number of carbonyl (C=O) groups is 1. The summed E-state index contributed by atoms with van der Waals surface area (Å²) in [6.07, 6.45) is 0. The van der Waals surface area contributed by atoms with Gasteiger partial charge in [0.2, 0.25) is 0 Å². The number of fused-ring (bicyclic) bond motifs is 1. The minimum absolute atomic E-state index is 0.0616. The van der Waals surface area contributed by atoms with Gasteiger partial charge in [-0.05, 0) is 29.8 Å². The van der Waals surface area contributed by atoms with Crippen LogP contribution < -0.4 is 10.7 Å². The van der Waals surface area contributed by atoms with Crippen molar-refractivity contribution in [2.75, 3.05) is 31.6 Å². The Morgan fingerprint density at radius 1 is 1.11 bits per heavy atom. The summed E-state index contributed by atoms with van der Waals surface area (Å²) >= 11 is 0. The Labute approximate surface area is 161 Å². The molecule has 144 valence electrons. The summed E-state index contributed by atoms with van der Waals surface area (Å²) in [6, 6.07) is 13.1. The zero-order valence-electron chi connectivity index (χ0n) is 15.2. The van der Waals surface area contributed by atoms with Crippen molar-refractivity contribution in [2.24, 2.45) is 0 Å². The monoisotopic (exact) mass is 380 g/mol. The smallest absolute Gasteiger partial charge is 0.291 e. The molecular weight excluding hydrogens is 360 g/mol. The number of anilines is 1. The van der Waals surface area contributed by atoms with Gasteiger partial charge in [-0.3, -0.25) is 14.5 Å². The third-order valence-electron chi connectivity index (χ3n) is 4.68. The van der Waals surface area contributed by atoms with Crippen LogP contribution in [0.3, 0.4) is 0 Å². The number of phenolic OH excluding ortho intramolecular Hbond substituents is 1. The van der Waals surface area contributed by atoms with Crippen LogP contribution in [0.25, 0.3) is 11.0 Å². The highest BCUT2D eigenvalue weighted by Crippen LogP contribution is 2.22. The largest absolute Gasteiger partial charge is 0.507 e. The van der Waals surface area contributed by atoms with Crippen molar-refractivity contribution in [3.63, 3.8) is 0 Å². The number of hydrogen-bond acceptors (Lipinski definition) is 6. The molecular formula is C21H20N2O5. The van der Waals surface area contributed by atoms with Crippen molar-refractivity contribution >= 4 is 22.6 Å².